The molecule has 2 N–H and O–H groups in total. The van der Waals surface area contributed by atoms with E-state index in [9.17, 15) is 9.59 Å². The molecule has 0 radical (unpaired) electrons. The first-order valence-corrected chi connectivity index (χ1v) is 14.6. The second kappa shape index (κ2) is 9.13. The number of carbonyl (C=O) groups is 2. The minimum Gasteiger partial charge on any atom is -0.415 e. The summed E-state index contributed by atoms with van der Waals surface area (Å²) in [4.78, 5) is 39.6. The lowest BCUT2D eigenvalue weighted by atomic mass is 10.0. The highest BCUT2D eigenvalue weighted by Gasteiger charge is 2.38. The number of pyridine rings is 2. The fraction of sp³-hybridized carbons (Fsp3) is 0.417. The predicted molar refractivity (Wildman–Crippen MR) is 136 cm³/mol. The lowest BCUT2D eigenvalue weighted by molar-refractivity contribution is -0.120. The molecule has 3 aromatic heterocycles. The van der Waals surface area contributed by atoms with Crippen LogP contribution in [0.3, 0.4) is 0 Å². The zero-order valence-corrected chi connectivity index (χ0v) is 21.9. The molecule has 8 nitrogen and oxygen atoms in total. The van der Waals surface area contributed by atoms with Crippen LogP contribution in [0.2, 0.25) is 23.3 Å². The average Bonchev–Trinajstić information content (AvgIpc) is 3.18. The SMILES string of the molecule is CC(C)(C)[Si](C)(C)OCCN1C(=O)C(NC(=O)c2cc3cc(Cl)ncc3[nH]2)Cc2ncccc21. The van der Waals surface area contributed by atoms with Gasteiger partial charge in [-0.05, 0) is 42.4 Å². The second-order valence-corrected chi connectivity index (χ2v) is 15.3. The highest BCUT2D eigenvalue weighted by atomic mass is 35.5. The molecule has 0 saturated carbocycles. The topological polar surface area (TPSA) is 100 Å². The summed E-state index contributed by atoms with van der Waals surface area (Å²) in [7, 11) is -1.95. The molecule has 0 aromatic carbocycles. The van der Waals surface area contributed by atoms with E-state index in [4.69, 9.17) is 16.0 Å². The van der Waals surface area contributed by atoms with Gasteiger partial charge in [-0.15, -0.1) is 0 Å². The van der Waals surface area contributed by atoms with Crippen LogP contribution in [0.1, 0.15) is 37.0 Å². The van der Waals surface area contributed by atoms with Gasteiger partial charge in [0.15, 0.2) is 8.32 Å². The van der Waals surface area contributed by atoms with Crippen LogP contribution in [0.4, 0.5) is 5.69 Å². The maximum absolute atomic E-state index is 13.4. The fourth-order valence-corrected chi connectivity index (χ4v) is 4.94. The maximum atomic E-state index is 13.4. The minimum atomic E-state index is -1.95. The molecule has 1 unspecified atom stereocenters. The van der Waals surface area contributed by atoms with E-state index in [1.54, 1.807) is 29.4 Å². The number of fused-ring (bicyclic) bond motifs is 2. The molecule has 10 heteroatoms. The van der Waals surface area contributed by atoms with Gasteiger partial charge in [0.05, 0.1) is 29.7 Å². The van der Waals surface area contributed by atoms with E-state index >= 15 is 0 Å². The van der Waals surface area contributed by atoms with Crippen molar-refractivity contribution in [3.05, 3.63) is 53.2 Å². The second-order valence-electron chi connectivity index (χ2n) is 10.1. The van der Waals surface area contributed by atoms with Crippen LogP contribution >= 0.6 is 11.6 Å². The van der Waals surface area contributed by atoms with E-state index in [-0.39, 0.29) is 16.9 Å². The molecule has 0 aliphatic carbocycles. The molecular formula is C24H30ClN5O3Si. The number of hydrogen-bond donors (Lipinski definition) is 2. The maximum Gasteiger partial charge on any atom is 0.268 e. The standard InChI is InChI=1S/C24H30ClN5O3Si/c1-24(2,3)34(4,5)33-10-9-30-20-7-6-8-26-16(20)13-18(23(30)32)29-22(31)17-11-15-12-21(25)27-14-19(15)28-17/h6-8,11-12,14,18,28H,9-10,13H2,1-5H3,(H,29,31). The van der Waals surface area contributed by atoms with Crippen molar-refractivity contribution in [3.8, 4) is 0 Å². The summed E-state index contributed by atoms with van der Waals surface area (Å²) >= 11 is 5.95. The highest BCUT2D eigenvalue weighted by Crippen LogP contribution is 2.36. The first-order chi connectivity index (χ1) is 16.0. The van der Waals surface area contributed by atoms with E-state index in [0.29, 0.717) is 35.9 Å². The van der Waals surface area contributed by atoms with Crippen LogP contribution in [-0.2, 0) is 15.6 Å². The lowest BCUT2D eigenvalue weighted by Crippen LogP contribution is -2.54. The van der Waals surface area contributed by atoms with Crippen LogP contribution in [0.5, 0.6) is 0 Å². The normalized spacial score (nSPS) is 16.6. The van der Waals surface area contributed by atoms with Gasteiger partial charge in [-0.2, -0.15) is 0 Å². The molecular weight excluding hydrogens is 470 g/mol. The Morgan fingerprint density at radius 2 is 2.09 bits per heavy atom. The lowest BCUT2D eigenvalue weighted by Gasteiger charge is -2.38. The van der Waals surface area contributed by atoms with Crippen LogP contribution in [0.15, 0.2) is 36.7 Å². The number of aromatic amines is 1. The van der Waals surface area contributed by atoms with Gasteiger partial charge in [-0.25, -0.2) is 4.98 Å². The Balaban J connectivity index is 1.51. The third-order valence-corrected chi connectivity index (χ3v) is 11.5. The van der Waals surface area contributed by atoms with Crippen molar-refractivity contribution in [1.29, 1.82) is 0 Å². The number of halogens is 1. The van der Waals surface area contributed by atoms with Crippen molar-refractivity contribution in [1.82, 2.24) is 20.3 Å². The number of aromatic nitrogens is 3. The number of rotatable bonds is 6. The van der Waals surface area contributed by atoms with Gasteiger partial charge >= 0.3 is 0 Å². The van der Waals surface area contributed by atoms with Gasteiger partial charge in [0.25, 0.3) is 5.91 Å². The quantitative estimate of drug-likeness (QED) is 0.388. The molecule has 0 spiro atoms. The molecule has 1 aliphatic heterocycles. The smallest absolute Gasteiger partial charge is 0.268 e. The number of amides is 2. The summed E-state index contributed by atoms with van der Waals surface area (Å²) in [5.74, 6) is -0.545. The Morgan fingerprint density at radius 1 is 1.32 bits per heavy atom. The number of H-pyrrole nitrogens is 1. The Kier molecular flexibility index (Phi) is 6.54. The third-order valence-electron chi connectivity index (χ3n) is 6.72. The summed E-state index contributed by atoms with van der Waals surface area (Å²) < 4.78 is 6.30. The van der Waals surface area contributed by atoms with Crippen LogP contribution in [0.25, 0.3) is 10.9 Å². The van der Waals surface area contributed by atoms with Crippen molar-refractivity contribution in [2.24, 2.45) is 0 Å². The van der Waals surface area contributed by atoms with Crippen LogP contribution in [0, 0.1) is 0 Å². The summed E-state index contributed by atoms with van der Waals surface area (Å²) in [6.07, 6.45) is 3.60. The zero-order chi connectivity index (χ0) is 24.7. The van der Waals surface area contributed by atoms with Crippen molar-refractivity contribution < 1.29 is 14.0 Å². The number of nitrogens with one attached hydrogen (secondary N) is 2. The number of carbonyl (C=O) groups excluding carboxylic acids is 2. The number of nitrogens with zero attached hydrogens (tertiary/aromatic N) is 3. The van der Waals surface area contributed by atoms with Gasteiger partial charge in [0.2, 0.25) is 5.91 Å². The molecule has 4 rings (SSSR count). The summed E-state index contributed by atoms with van der Waals surface area (Å²) in [5.41, 5.74) is 2.57. The summed E-state index contributed by atoms with van der Waals surface area (Å²) in [5, 5.41) is 4.07. The molecule has 4 heterocycles. The van der Waals surface area contributed by atoms with Gasteiger partial charge in [-0.3, -0.25) is 14.6 Å². The Hall–Kier alpha value is -2.75. The molecule has 180 valence electrons. The van der Waals surface area contributed by atoms with E-state index in [2.05, 4.69) is 54.1 Å². The summed E-state index contributed by atoms with van der Waals surface area (Å²) in [6, 6.07) is 6.36. The molecule has 2 amide bonds. The first kappa shape index (κ1) is 24.4. The first-order valence-electron chi connectivity index (χ1n) is 11.3. The molecule has 3 aromatic rings. The van der Waals surface area contributed by atoms with E-state index in [0.717, 1.165) is 16.8 Å². The molecule has 1 atom stereocenters. The predicted octanol–water partition coefficient (Wildman–Crippen LogP) is 4.32. The van der Waals surface area contributed by atoms with Gasteiger partial charge < -0.3 is 19.6 Å². The largest absolute Gasteiger partial charge is 0.415 e. The van der Waals surface area contributed by atoms with Crippen molar-refractivity contribution in [3.63, 3.8) is 0 Å². The van der Waals surface area contributed by atoms with Crippen molar-refractivity contribution >= 4 is 48.3 Å². The third kappa shape index (κ3) is 4.87. The fourth-order valence-electron chi connectivity index (χ4n) is 3.73. The van der Waals surface area contributed by atoms with Gasteiger partial charge in [0.1, 0.15) is 16.9 Å². The van der Waals surface area contributed by atoms with Gasteiger partial charge in [-0.1, -0.05) is 32.4 Å². The Bertz CT molecular complexity index is 1240. The number of anilines is 1. The van der Waals surface area contributed by atoms with Crippen molar-refractivity contribution in [2.45, 2.75) is 51.4 Å². The molecule has 34 heavy (non-hydrogen) atoms. The highest BCUT2D eigenvalue weighted by molar-refractivity contribution is 6.74. The van der Waals surface area contributed by atoms with Crippen molar-refractivity contribution in [2.75, 3.05) is 18.1 Å². The van der Waals surface area contributed by atoms with E-state index < -0.39 is 14.4 Å². The molecule has 0 saturated heterocycles. The Morgan fingerprint density at radius 3 is 2.82 bits per heavy atom. The van der Waals surface area contributed by atoms with Crippen LogP contribution in [-0.4, -0.2) is 54.3 Å². The van der Waals surface area contributed by atoms with E-state index in [1.807, 2.05) is 12.1 Å². The average molecular weight is 500 g/mol. The molecule has 0 bridgehead atoms. The molecule has 0 fully saturated rings. The van der Waals surface area contributed by atoms with E-state index in [1.165, 1.54) is 0 Å². The molecule has 1 aliphatic rings. The Labute approximate surface area is 205 Å². The summed E-state index contributed by atoms with van der Waals surface area (Å²) in [6.45, 7) is 11.7. The number of hydrogen-bond acceptors (Lipinski definition) is 5. The van der Waals surface area contributed by atoms with Gasteiger partial charge in [0, 0.05) is 24.5 Å². The minimum absolute atomic E-state index is 0.0776. The van der Waals surface area contributed by atoms with Crippen LogP contribution < -0.4 is 10.2 Å². The zero-order valence-electron chi connectivity index (χ0n) is 20.1. The monoisotopic (exact) mass is 499 g/mol.